The van der Waals surface area contributed by atoms with Crippen LogP contribution in [0.3, 0.4) is 0 Å². The first-order chi connectivity index (χ1) is 3.46. The van der Waals surface area contributed by atoms with E-state index in [1.54, 1.807) is 0 Å². The van der Waals surface area contributed by atoms with Gasteiger partial charge in [-0.2, -0.15) is 0 Å². The minimum absolute atomic E-state index is 0. The molecular weight excluding hydrogens is 155 g/mol. The zero-order valence-electron chi connectivity index (χ0n) is 5.48. The summed E-state index contributed by atoms with van der Waals surface area (Å²) in [6.45, 7) is 0. The number of amides is 2. The van der Waals surface area contributed by atoms with Gasteiger partial charge in [-0.1, -0.05) is 0 Å². The van der Waals surface area contributed by atoms with Gasteiger partial charge in [0.1, 0.15) is 0 Å². The zero-order chi connectivity index (χ0) is 7.15. The van der Waals surface area contributed by atoms with Gasteiger partial charge in [-0.25, -0.2) is 4.79 Å². The van der Waals surface area contributed by atoms with E-state index in [9.17, 15) is 0 Å². The van der Waals surface area contributed by atoms with E-state index in [0.29, 0.717) is 0 Å². The Balaban J connectivity index is -0.0000000300. The van der Waals surface area contributed by atoms with Crippen LogP contribution < -0.4 is 17.6 Å². The summed E-state index contributed by atoms with van der Waals surface area (Å²) in [5.74, 6) is 0. The number of urea groups is 1. The van der Waals surface area contributed by atoms with Crippen LogP contribution >= 0.6 is 0 Å². The molecule has 0 heterocycles. The Morgan fingerprint density at radius 1 is 1.50 bits per heavy atom. The maximum absolute atomic E-state index is 9.00. The smallest absolute Gasteiger partial charge is 0.309 e. The van der Waals surface area contributed by atoms with Crippen LogP contribution in [0.2, 0.25) is 0 Å². The summed E-state index contributed by atoms with van der Waals surface area (Å²) >= 11 is 0. The zero-order valence-corrected chi connectivity index (χ0v) is 7.48. The van der Waals surface area contributed by atoms with Gasteiger partial charge in [0.05, 0.1) is 0 Å². The Hall–Kier alpha value is -0.570. The Labute approximate surface area is 78.5 Å². The molecule has 9 heteroatoms. The van der Waals surface area contributed by atoms with Crippen molar-refractivity contribution in [2.24, 2.45) is 11.5 Å². The first kappa shape index (κ1) is 22.7. The quantitative estimate of drug-likeness (QED) is 0.192. The Morgan fingerprint density at radius 3 is 1.50 bits per heavy atom. The van der Waals surface area contributed by atoms with Crippen LogP contribution in [0.25, 0.3) is 0 Å². The van der Waals surface area contributed by atoms with Crippen molar-refractivity contribution < 1.29 is 15.1 Å². The van der Waals surface area contributed by atoms with Crippen molar-refractivity contribution >= 4 is 35.6 Å². The first-order valence-electron chi connectivity index (χ1n) is 1.35. The summed E-state index contributed by atoms with van der Waals surface area (Å²) in [5, 5.41) is 13.6. The predicted octanol–water partition coefficient (Wildman–Crippen LogP) is -1.54. The van der Waals surface area contributed by atoms with E-state index in [1.165, 1.54) is 0 Å². The predicted molar refractivity (Wildman–Crippen MR) is 33.3 cm³/mol. The topological polar surface area (TPSA) is 167 Å². The van der Waals surface area contributed by atoms with Crippen LogP contribution in [0, 0.1) is 10.1 Å². The second-order valence-corrected chi connectivity index (χ2v) is 0.640. The molecular formula is CH8N4NaO4. The summed E-state index contributed by atoms with van der Waals surface area (Å²) in [6, 6.07) is -0.833. The van der Waals surface area contributed by atoms with Gasteiger partial charge in [0, 0.05) is 29.6 Å². The SMILES string of the molecule is N.NC(N)=O.O=[N+]([O-])O.[Na]. The molecule has 0 fully saturated rings. The van der Waals surface area contributed by atoms with Crippen LogP contribution in [0.15, 0.2) is 0 Å². The molecule has 57 valence electrons. The number of nitrogens with zero attached hydrogens (tertiary/aromatic N) is 1. The van der Waals surface area contributed by atoms with Gasteiger partial charge in [-0.05, 0) is 0 Å². The molecule has 0 saturated heterocycles. The first-order valence-corrected chi connectivity index (χ1v) is 1.35. The Kier molecular flexibility index (Phi) is 35.9. The second-order valence-electron chi connectivity index (χ2n) is 0.640. The maximum Gasteiger partial charge on any atom is 0.309 e. The standard InChI is InChI=1S/CH4N2O.HNO3.H3N.Na/c2*2-1(3)4;;/h(H4,2,3,4);(H,2,3,4);1H3;. The van der Waals surface area contributed by atoms with E-state index in [0.717, 1.165) is 0 Å². The van der Waals surface area contributed by atoms with E-state index in [2.05, 4.69) is 11.5 Å². The molecule has 10 heavy (non-hydrogen) atoms. The van der Waals surface area contributed by atoms with Gasteiger partial charge in [0.25, 0.3) is 5.09 Å². The van der Waals surface area contributed by atoms with Crippen LogP contribution in [0.1, 0.15) is 0 Å². The largest absolute Gasteiger partial charge is 0.352 e. The van der Waals surface area contributed by atoms with Gasteiger partial charge in [0.15, 0.2) is 0 Å². The molecule has 8 N–H and O–H groups in total. The van der Waals surface area contributed by atoms with Gasteiger partial charge in [0.2, 0.25) is 0 Å². The van der Waals surface area contributed by atoms with Crippen molar-refractivity contribution in [1.82, 2.24) is 6.15 Å². The number of primary amides is 2. The summed E-state index contributed by atoms with van der Waals surface area (Å²) < 4.78 is 0. The number of hydrogen-bond acceptors (Lipinski definition) is 4. The molecule has 0 spiro atoms. The fraction of sp³-hybridized carbons (Fsp3) is 0. The third-order valence-corrected chi connectivity index (χ3v) is 0. The van der Waals surface area contributed by atoms with Gasteiger partial charge in [-0.15, -0.1) is 10.1 Å². The third-order valence-electron chi connectivity index (χ3n) is 0. The van der Waals surface area contributed by atoms with E-state index < -0.39 is 11.1 Å². The van der Waals surface area contributed by atoms with E-state index in [-0.39, 0.29) is 35.7 Å². The van der Waals surface area contributed by atoms with Crippen LogP contribution in [0.4, 0.5) is 4.79 Å². The van der Waals surface area contributed by atoms with E-state index >= 15 is 0 Å². The van der Waals surface area contributed by atoms with Gasteiger partial charge in [-0.3, -0.25) is 0 Å². The maximum atomic E-state index is 9.00. The Bertz CT molecular complexity index is 75.3. The average molecular weight is 163 g/mol. The van der Waals surface area contributed by atoms with E-state index in [4.69, 9.17) is 20.1 Å². The molecule has 0 bridgehead atoms. The minimum Gasteiger partial charge on any atom is -0.352 e. The molecule has 0 saturated carbocycles. The van der Waals surface area contributed by atoms with Crippen molar-refractivity contribution in [2.45, 2.75) is 0 Å². The second kappa shape index (κ2) is 15.8. The molecule has 0 aromatic heterocycles. The van der Waals surface area contributed by atoms with Crippen molar-refractivity contribution in [1.29, 1.82) is 0 Å². The Morgan fingerprint density at radius 2 is 1.50 bits per heavy atom. The molecule has 0 aliphatic rings. The summed E-state index contributed by atoms with van der Waals surface area (Å²) in [6.07, 6.45) is 0. The summed E-state index contributed by atoms with van der Waals surface area (Å²) in [5.41, 5.74) is 8.50. The molecule has 2 amide bonds. The number of nitrogens with two attached hydrogens (primary N) is 2. The normalized spacial score (nSPS) is 4.80. The molecule has 0 aromatic rings. The number of carbonyl (C=O) groups is 1. The fourth-order valence-electron chi connectivity index (χ4n) is 0. The number of rotatable bonds is 0. The van der Waals surface area contributed by atoms with Crippen molar-refractivity contribution in [2.75, 3.05) is 0 Å². The monoisotopic (exact) mass is 163 g/mol. The molecule has 8 nitrogen and oxygen atoms in total. The minimum atomic E-state index is -1.50. The molecule has 0 atom stereocenters. The van der Waals surface area contributed by atoms with E-state index in [1.807, 2.05) is 0 Å². The molecule has 0 aliphatic heterocycles. The molecule has 0 aromatic carbocycles. The molecule has 1 radical (unpaired) electrons. The molecule has 0 rings (SSSR count). The number of hydrogen-bond donors (Lipinski definition) is 4. The van der Waals surface area contributed by atoms with Gasteiger partial charge < -0.3 is 22.8 Å². The molecule has 0 unspecified atom stereocenters. The van der Waals surface area contributed by atoms with Crippen LogP contribution in [-0.4, -0.2) is 45.9 Å². The third kappa shape index (κ3) is 945. The van der Waals surface area contributed by atoms with Crippen LogP contribution in [0.5, 0.6) is 0 Å². The number of carbonyl (C=O) groups excluding carboxylic acids is 1. The van der Waals surface area contributed by atoms with Gasteiger partial charge >= 0.3 is 6.03 Å². The van der Waals surface area contributed by atoms with Crippen molar-refractivity contribution in [3.8, 4) is 0 Å². The average Bonchev–Trinajstić information content (AvgIpc) is 1.25. The van der Waals surface area contributed by atoms with Crippen molar-refractivity contribution in [3.63, 3.8) is 0 Å². The summed E-state index contributed by atoms with van der Waals surface area (Å²) in [7, 11) is 0. The fourth-order valence-corrected chi connectivity index (χ4v) is 0. The van der Waals surface area contributed by atoms with Crippen LogP contribution in [-0.2, 0) is 0 Å². The van der Waals surface area contributed by atoms with Crippen molar-refractivity contribution in [3.05, 3.63) is 10.1 Å². The molecule has 0 aliphatic carbocycles. The summed E-state index contributed by atoms with van der Waals surface area (Å²) in [4.78, 5) is 17.4.